The Bertz CT molecular complexity index is 1560. The van der Waals surface area contributed by atoms with E-state index in [0.717, 1.165) is 27.7 Å². The zero-order valence-electron chi connectivity index (χ0n) is 33.5. The number of fused-ring (bicyclic) bond motifs is 3. The number of aliphatic hydroxyl groups is 1. The molecule has 0 unspecified atom stereocenters. The van der Waals surface area contributed by atoms with E-state index < -0.39 is 119 Å². The summed E-state index contributed by atoms with van der Waals surface area (Å²) in [6, 6.07) is 0. The highest BCUT2D eigenvalue weighted by molar-refractivity contribution is 5.78. The summed E-state index contributed by atoms with van der Waals surface area (Å²) < 4.78 is 48.3. The van der Waals surface area contributed by atoms with E-state index in [-0.39, 0.29) is 43.3 Å². The molecule has 16 heteroatoms. The highest BCUT2D eigenvalue weighted by Crippen LogP contribution is 2.64. The molecule has 55 heavy (non-hydrogen) atoms. The van der Waals surface area contributed by atoms with Crippen molar-refractivity contribution in [3.8, 4) is 0 Å². The van der Waals surface area contributed by atoms with Gasteiger partial charge in [0.2, 0.25) is 0 Å². The third-order valence-electron chi connectivity index (χ3n) is 11.3. The second-order valence-corrected chi connectivity index (χ2v) is 16.5. The lowest BCUT2D eigenvalue weighted by Gasteiger charge is -2.60. The molecule has 4 aliphatic rings. The minimum Gasteiger partial charge on any atom is -0.462 e. The Kier molecular flexibility index (Phi) is 12.9. The molecule has 13 atom stereocenters. The second-order valence-electron chi connectivity index (χ2n) is 16.5. The number of carbonyl (C=O) groups excluding carboxylic acids is 7. The number of esters is 7. The molecule has 1 spiro atoms. The number of hydrogen-bond donors (Lipinski definition) is 1. The maximum absolute atomic E-state index is 13.6. The third kappa shape index (κ3) is 8.40. The predicted octanol–water partition coefficient (Wildman–Crippen LogP) is 2.92. The fraction of sp³-hybridized carbons (Fsp3) is 0.769. The SMILES string of the molecule is C=C1[C@H](OC(=O)CC(C)C)C[C@H](OC(C)=O)[C@@]2(C)[C@@H](OC(C)=O)[C@@H](OC(=O)CC(C)C)[C@@H](OC(C)=O)[C@]3(CO3)[C@@H]2[C@H](OC(C)=O)[C@]2(O)[C@@H](C)C(=O)O[C@H]2[C@H]1C. The van der Waals surface area contributed by atoms with Crippen LogP contribution in [0.5, 0.6) is 0 Å². The molecule has 0 bridgehead atoms. The molecule has 1 N–H and O–H groups in total. The van der Waals surface area contributed by atoms with Crippen LogP contribution < -0.4 is 0 Å². The van der Waals surface area contributed by atoms with Crippen LogP contribution in [0.3, 0.4) is 0 Å². The Morgan fingerprint density at radius 2 is 1.25 bits per heavy atom. The predicted molar refractivity (Wildman–Crippen MR) is 188 cm³/mol. The standard InChI is InChI=1S/C39H56O16/c1-17(2)13-28(44)53-26-15-27(49-22(8)40)37(12)31(35(52-25(11)43)39(47)21(7)36(46)55-32(39)20(6)19(26)5)38(16-48-38)34(51-24(10)42)30(33(37)50-23(9)41)54-29(45)14-18(3)4/h17-18,20-21,26-27,30-35,47H,5,13-16H2,1-4,6-12H3/t20-,21-,26+,27-,30+,31+,32-,33-,34+,35-,37+,38-,39-/m0/s1. The summed E-state index contributed by atoms with van der Waals surface area (Å²) in [5, 5.41) is 13.1. The Labute approximate surface area is 321 Å². The molecular formula is C39H56O16. The molecule has 2 aliphatic carbocycles. The molecule has 0 radical (unpaired) electrons. The average molecular weight is 781 g/mol. The zero-order valence-corrected chi connectivity index (χ0v) is 33.5. The Morgan fingerprint density at radius 3 is 1.73 bits per heavy atom. The monoisotopic (exact) mass is 780 g/mol. The van der Waals surface area contributed by atoms with Gasteiger partial charge in [-0.15, -0.1) is 0 Å². The highest BCUT2D eigenvalue weighted by Gasteiger charge is 2.81. The third-order valence-corrected chi connectivity index (χ3v) is 11.3. The van der Waals surface area contributed by atoms with Crippen LogP contribution in [0, 0.1) is 35.0 Å². The van der Waals surface area contributed by atoms with Crippen LogP contribution in [0.25, 0.3) is 0 Å². The summed E-state index contributed by atoms with van der Waals surface area (Å²) in [5.41, 5.74) is -6.00. The van der Waals surface area contributed by atoms with E-state index >= 15 is 0 Å². The summed E-state index contributed by atoms with van der Waals surface area (Å²) >= 11 is 0. The molecular weight excluding hydrogens is 724 g/mol. The summed E-state index contributed by atoms with van der Waals surface area (Å²) in [6.45, 7) is 20.0. The molecule has 0 aromatic rings. The summed E-state index contributed by atoms with van der Waals surface area (Å²) in [5.74, 6) is -9.89. The lowest BCUT2D eigenvalue weighted by molar-refractivity contribution is -0.288. The van der Waals surface area contributed by atoms with E-state index in [1.54, 1.807) is 20.8 Å². The first-order valence-electron chi connectivity index (χ1n) is 18.7. The van der Waals surface area contributed by atoms with Crippen LogP contribution >= 0.6 is 0 Å². The molecule has 4 rings (SSSR count). The van der Waals surface area contributed by atoms with E-state index in [1.807, 2.05) is 13.8 Å². The highest BCUT2D eigenvalue weighted by atomic mass is 16.7. The van der Waals surface area contributed by atoms with Crippen molar-refractivity contribution >= 4 is 41.8 Å². The molecule has 0 amide bonds. The molecule has 0 aromatic heterocycles. The van der Waals surface area contributed by atoms with Gasteiger partial charge in [-0.3, -0.25) is 33.6 Å². The first-order valence-corrected chi connectivity index (χ1v) is 18.7. The number of epoxide rings is 1. The summed E-state index contributed by atoms with van der Waals surface area (Å²) in [6.07, 6.45) is -11.4. The van der Waals surface area contributed by atoms with Crippen LogP contribution in [0.1, 0.15) is 95.4 Å². The van der Waals surface area contributed by atoms with Crippen LogP contribution in [-0.2, 0) is 71.5 Å². The van der Waals surface area contributed by atoms with Gasteiger partial charge in [-0.25, -0.2) is 0 Å². The van der Waals surface area contributed by atoms with Gasteiger partial charge in [0, 0.05) is 58.8 Å². The minimum absolute atomic E-state index is 0.00480. The zero-order chi connectivity index (χ0) is 41.5. The molecule has 4 fully saturated rings. The second kappa shape index (κ2) is 16.2. The van der Waals surface area contributed by atoms with Gasteiger partial charge in [-0.05, 0) is 24.3 Å². The molecule has 0 aromatic carbocycles. The van der Waals surface area contributed by atoms with Crippen molar-refractivity contribution in [3.63, 3.8) is 0 Å². The molecule has 2 saturated carbocycles. The van der Waals surface area contributed by atoms with E-state index in [2.05, 4.69) is 6.58 Å². The van der Waals surface area contributed by atoms with Gasteiger partial charge in [0.1, 0.15) is 30.0 Å². The summed E-state index contributed by atoms with van der Waals surface area (Å²) in [7, 11) is 0. The van der Waals surface area contributed by atoms with Crippen molar-refractivity contribution < 1.29 is 76.6 Å². The van der Waals surface area contributed by atoms with Crippen molar-refractivity contribution in [1.82, 2.24) is 0 Å². The van der Waals surface area contributed by atoms with Crippen molar-refractivity contribution in [2.45, 2.75) is 149 Å². The fourth-order valence-electron chi connectivity index (χ4n) is 8.84. The van der Waals surface area contributed by atoms with E-state index in [0.29, 0.717) is 0 Å². The van der Waals surface area contributed by atoms with Crippen LogP contribution in [-0.4, -0.2) is 107 Å². The van der Waals surface area contributed by atoms with Crippen molar-refractivity contribution in [1.29, 1.82) is 0 Å². The molecule has 2 aliphatic heterocycles. The van der Waals surface area contributed by atoms with E-state index in [4.69, 9.17) is 37.9 Å². The van der Waals surface area contributed by atoms with Gasteiger partial charge < -0.3 is 43.0 Å². The normalized spacial score (nSPS) is 38.2. The van der Waals surface area contributed by atoms with Gasteiger partial charge in [-0.2, -0.15) is 0 Å². The minimum atomic E-state index is -2.43. The fourth-order valence-corrected chi connectivity index (χ4v) is 8.84. The number of carbonyl (C=O) groups is 7. The maximum atomic E-state index is 13.6. The summed E-state index contributed by atoms with van der Waals surface area (Å²) in [4.78, 5) is 92.9. The largest absolute Gasteiger partial charge is 0.462 e. The van der Waals surface area contributed by atoms with Crippen molar-refractivity contribution in [2.24, 2.45) is 35.0 Å². The average Bonchev–Trinajstić information content (AvgIpc) is 3.79. The van der Waals surface area contributed by atoms with E-state index in [1.165, 1.54) is 13.8 Å². The first kappa shape index (κ1) is 43.7. The van der Waals surface area contributed by atoms with Gasteiger partial charge in [0.15, 0.2) is 23.9 Å². The van der Waals surface area contributed by atoms with Crippen molar-refractivity contribution in [3.05, 3.63) is 12.2 Å². The topological polar surface area (TPSA) is 217 Å². The number of hydrogen-bond acceptors (Lipinski definition) is 16. The quantitative estimate of drug-likeness (QED) is 0.146. The lowest BCUT2D eigenvalue weighted by atomic mass is 9.50. The number of rotatable bonds is 10. The van der Waals surface area contributed by atoms with Crippen LogP contribution in [0.4, 0.5) is 0 Å². The Hall–Kier alpha value is -4.05. The van der Waals surface area contributed by atoms with Gasteiger partial charge in [-0.1, -0.05) is 48.1 Å². The van der Waals surface area contributed by atoms with Crippen LogP contribution in [0.2, 0.25) is 0 Å². The Morgan fingerprint density at radius 1 is 0.782 bits per heavy atom. The molecule has 16 nitrogen and oxygen atoms in total. The maximum Gasteiger partial charge on any atom is 0.312 e. The van der Waals surface area contributed by atoms with Gasteiger partial charge >= 0.3 is 41.8 Å². The Balaban J connectivity index is 2.17. The van der Waals surface area contributed by atoms with Gasteiger partial charge in [0.05, 0.1) is 17.9 Å². The molecule has 308 valence electrons. The first-order chi connectivity index (χ1) is 25.4. The van der Waals surface area contributed by atoms with Crippen LogP contribution in [0.15, 0.2) is 12.2 Å². The smallest absolute Gasteiger partial charge is 0.312 e. The van der Waals surface area contributed by atoms with Crippen molar-refractivity contribution in [2.75, 3.05) is 6.61 Å². The van der Waals surface area contributed by atoms with Gasteiger partial charge in [0.25, 0.3) is 0 Å². The molecule has 2 saturated heterocycles. The lowest BCUT2D eigenvalue weighted by Crippen LogP contribution is -2.76. The molecule has 2 heterocycles. The van der Waals surface area contributed by atoms with E-state index in [9.17, 15) is 38.7 Å². The number of ether oxygens (including phenoxy) is 8.